The second-order valence-electron chi connectivity index (χ2n) is 10.2. The third-order valence-electron chi connectivity index (χ3n) is 7.76. The number of piperazine rings is 1. The lowest BCUT2D eigenvalue weighted by Crippen LogP contribution is -2.47. The summed E-state index contributed by atoms with van der Waals surface area (Å²) in [5.41, 5.74) is 0.778. The van der Waals surface area contributed by atoms with Crippen LogP contribution in [0.25, 0.3) is 10.8 Å². The van der Waals surface area contributed by atoms with Gasteiger partial charge in [-0.3, -0.25) is 4.79 Å². The van der Waals surface area contributed by atoms with Gasteiger partial charge in [0.25, 0.3) is 5.91 Å². The van der Waals surface area contributed by atoms with E-state index in [0.717, 1.165) is 33.6 Å². The molecule has 2 heterocycles. The molecule has 37 heavy (non-hydrogen) atoms. The lowest BCUT2D eigenvalue weighted by molar-refractivity contribution is -0.119. The molecule has 2 aromatic carbocycles. The number of carbonyl (C=O) groups is 1. The van der Waals surface area contributed by atoms with Crippen LogP contribution >= 0.6 is 11.8 Å². The van der Waals surface area contributed by atoms with Gasteiger partial charge < -0.3 is 4.90 Å². The third-order valence-corrected chi connectivity index (χ3v) is 10.00. The number of amides is 1. The van der Waals surface area contributed by atoms with E-state index >= 15 is 0 Å². The van der Waals surface area contributed by atoms with Gasteiger partial charge in [0.15, 0.2) is 5.82 Å². The average Bonchev–Trinajstić information content (AvgIpc) is 3.44. The Bertz CT molecular complexity index is 1350. The summed E-state index contributed by atoms with van der Waals surface area (Å²) in [4.78, 5) is 20.7. The van der Waals surface area contributed by atoms with Crippen molar-refractivity contribution in [3.05, 3.63) is 66.4 Å². The van der Waals surface area contributed by atoms with Crippen LogP contribution in [0.2, 0.25) is 0 Å². The van der Waals surface area contributed by atoms with Gasteiger partial charge in [-0.15, -0.1) is 0 Å². The smallest absolute Gasteiger partial charge is 0.250 e. The van der Waals surface area contributed by atoms with E-state index in [9.17, 15) is 13.2 Å². The molecular formula is C28H33ClN4O3S. The van der Waals surface area contributed by atoms with Gasteiger partial charge in [0.05, 0.1) is 10.8 Å². The summed E-state index contributed by atoms with van der Waals surface area (Å²) in [5, 5.41) is 1.76. The van der Waals surface area contributed by atoms with Crippen molar-refractivity contribution in [1.29, 1.82) is 0 Å². The van der Waals surface area contributed by atoms with Crippen LogP contribution in [0.1, 0.15) is 43.6 Å². The Balaban J connectivity index is 1.43. The molecule has 9 heteroatoms. The molecule has 1 saturated heterocycles. The molecule has 196 valence electrons. The number of rotatable bonds is 7. The van der Waals surface area contributed by atoms with E-state index in [0.29, 0.717) is 44.3 Å². The fourth-order valence-corrected chi connectivity index (χ4v) is 7.18. The summed E-state index contributed by atoms with van der Waals surface area (Å²) >= 11 is 6.70. The minimum Gasteiger partial charge on any atom is -0.304 e. The highest BCUT2D eigenvalue weighted by Crippen LogP contribution is 2.37. The predicted molar refractivity (Wildman–Crippen MR) is 147 cm³/mol. The van der Waals surface area contributed by atoms with Gasteiger partial charge in [0, 0.05) is 49.5 Å². The minimum atomic E-state index is -3.58. The summed E-state index contributed by atoms with van der Waals surface area (Å²) in [5.74, 6) is 0.123. The monoisotopic (exact) mass is 540 g/mol. The molecule has 2 fully saturated rings. The maximum Gasteiger partial charge on any atom is 0.250 e. The van der Waals surface area contributed by atoms with E-state index in [1.165, 1.54) is 17.1 Å². The topological polar surface area (TPSA) is 73.8 Å². The molecule has 1 amide bonds. The molecule has 1 aliphatic heterocycles. The van der Waals surface area contributed by atoms with Gasteiger partial charge in [-0.2, -0.15) is 4.31 Å². The highest BCUT2D eigenvalue weighted by molar-refractivity contribution is 7.89. The molecule has 1 aromatic heterocycles. The number of anilines is 1. The Morgan fingerprint density at radius 1 is 1.03 bits per heavy atom. The lowest BCUT2D eigenvalue weighted by Gasteiger charge is -2.31. The van der Waals surface area contributed by atoms with Gasteiger partial charge in [-0.05, 0) is 48.5 Å². The average molecular weight is 541 g/mol. The van der Waals surface area contributed by atoms with Crippen molar-refractivity contribution in [2.45, 2.75) is 42.9 Å². The van der Waals surface area contributed by atoms with Crippen LogP contribution in [-0.4, -0.2) is 61.7 Å². The molecule has 7 nitrogen and oxygen atoms in total. The molecule has 0 spiro atoms. The molecular weight excluding hydrogens is 508 g/mol. The van der Waals surface area contributed by atoms with E-state index in [1.807, 2.05) is 37.4 Å². The van der Waals surface area contributed by atoms with Crippen molar-refractivity contribution in [3.8, 4) is 0 Å². The summed E-state index contributed by atoms with van der Waals surface area (Å²) < 4.78 is 29.1. The summed E-state index contributed by atoms with van der Waals surface area (Å²) in [6, 6.07) is 16.4. The number of pyridine rings is 1. The SMILES string of the molecule is CN1CCN(S(=O)(=O)c2ccc(C(CC3CCCC3)C(=O)N(Cl)c3nccc4ccccc34)cc2)CC1. The molecule has 0 bridgehead atoms. The fourth-order valence-electron chi connectivity index (χ4n) is 5.51. The van der Waals surface area contributed by atoms with Crippen molar-refractivity contribution in [1.82, 2.24) is 14.2 Å². The summed E-state index contributed by atoms with van der Waals surface area (Å²) in [6.45, 7) is 2.37. The maximum absolute atomic E-state index is 13.9. The molecule has 5 rings (SSSR count). The van der Waals surface area contributed by atoms with Crippen molar-refractivity contribution in [3.63, 3.8) is 0 Å². The largest absolute Gasteiger partial charge is 0.304 e. The number of benzene rings is 2. The number of hydrogen-bond acceptors (Lipinski definition) is 5. The van der Waals surface area contributed by atoms with Gasteiger partial charge in [0.2, 0.25) is 10.0 Å². The van der Waals surface area contributed by atoms with Crippen LogP contribution in [0.5, 0.6) is 0 Å². The van der Waals surface area contributed by atoms with E-state index < -0.39 is 15.9 Å². The van der Waals surface area contributed by atoms with E-state index in [-0.39, 0.29) is 10.8 Å². The molecule has 0 N–H and O–H groups in total. The van der Waals surface area contributed by atoms with Gasteiger partial charge in [0.1, 0.15) is 0 Å². The molecule has 1 aliphatic carbocycles. The first kappa shape index (κ1) is 26.1. The Kier molecular flexibility index (Phi) is 7.81. The number of likely N-dealkylation sites (N-methyl/N-ethyl adjacent to an activating group) is 1. The molecule has 1 unspecified atom stereocenters. The van der Waals surface area contributed by atoms with Crippen molar-refractivity contribution in [2.75, 3.05) is 37.6 Å². The fraction of sp³-hybridized carbons (Fsp3) is 0.429. The zero-order valence-corrected chi connectivity index (χ0v) is 22.7. The highest BCUT2D eigenvalue weighted by atomic mass is 35.5. The summed E-state index contributed by atoms with van der Waals surface area (Å²) in [6.07, 6.45) is 6.86. The Hall–Kier alpha value is -2.52. The second kappa shape index (κ2) is 11.1. The highest BCUT2D eigenvalue weighted by Gasteiger charge is 2.32. The van der Waals surface area contributed by atoms with Gasteiger partial charge >= 0.3 is 0 Å². The Labute approximate surface area is 224 Å². The van der Waals surface area contributed by atoms with E-state index in [4.69, 9.17) is 11.8 Å². The van der Waals surface area contributed by atoms with Crippen LogP contribution < -0.4 is 4.42 Å². The Morgan fingerprint density at radius 2 is 1.70 bits per heavy atom. The van der Waals surface area contributed by atoms with Crippen LogP contribution in [0.4, 0.5) is 5.82 Å². The molecule has 1 atom stereocenters. The van der Waals surface area contributed by atoms with Crippen LogP contribution in [0, 0.1) is 5.92 Å². The first-order chi connectivity index (χ1) is 17.8. The normalized spacial score (nSPS) is 18.8. The molecule has 0 radical (unpaired) electrons. The number of halogens is 1. The first-order valence-electron chi connectivity index (χ1n) is 13.0. The number of carbonyl (C=O) groups excluding carboxylic acids is 1. The second-order valence-corrected chi connectivity index (χ2v) is 12.5. The van der Waals surface area contributed by atoms with Crippen molar-refractivity contribution >= 4 is 44.3 Å². The van der Waals surface area contributed by atoms with Crippen LogP contribution in [0.3, 0.4) is 0 Å². The number of fused-ring (bicyclic) bond motifs is 1. The number of hydrogen-bond donors (Lipinski definition) is 0. The quantitative estimate of drug-likeness (QED) is 0.393. The van der Waals surface area contributed by atoms with E-state index in [1.54, 1.807) is 30.5 Å². The third kappa shape index (κ3) is 5.53. The number of sulfonamides is 1. The zero-order valence-electron chi connectivity index (χ0n) is 21.1. The predicted octanol–water partition coefficient (Wildman–Crippen LogP) is 5.02. The minimum absolute atomic E-state index is 0.243. The first-order valence-corrected chi connectivity index (χ1v) is 14.7. The summed E-state index contributed by atoms with van der Waals surface area (Å²) in [7, 11) is -1.58. The standard InChI is InChI=1S/C28H33ClN4O3S/c1-31-16-18-32(19-17-31)37(35,36)24-12-10-23(11-13-24)26(20-21-6-2-3-7-21)28(34)33(29)27-25-9-5-4-8-22(25)14-15-30-27/h4-5,8-15,21,26H,2-3,6-7,16-20H2,1H3. The Morgan fingerprint density at radius 3 is 2.41 bits per heavy atom. The van der Waals surface area contributed by atoms with E-state index in [2.05, 4.69) is 9.88 Å². The van der Waals surface area contributed by atoms with Crippen LogP contribution in [-0.2, 0) is 14.8 Å². The maximum atomic E-state index is 13.9. The zero-order chi connectivity index (χ0) is 26.0. The number of aromatic nitrogens is 1. The molecule has 3 aromatic rings. The van der Waals surface area contributed by atoms with Crippen molar-refractivity contribution in [2.24, 2.45) is 5.92 Å². The lowest BCUT2D eigenvalue weighted by atomic mass is 9.87. The van der Waals surface area contributed by atoms with Crippen molar-refractivity contribution < 1.29 is 13.2 Å². The molecule has 1 saturated carbocycles. The van der Waals surface area contributed by atoms with Gasteiger partial charge in [-0.25, -0.2) is 17.8 Å². The van der Waals surface area contributed by atoms with Gasteiger partial charge in [-0.1, -0.05) is 62.1 Å². The number of nitrogens with zero attached hydrogens (tertiary/aromatic N) is 4. The van der Waals surface area contributed by atoms with Crippen LogP contribution in [0.15, 0.2) is 65.7 Å². The molecule has 2 aliphatic rings.